The van der Waals surface area contributed by atoms with Crippen molar-refractivity contribution in [3.63, 3.8) is 0 Å². The van der Waals surface area contributed by atoms with Crippen LogP contribution in [-0.2, 0) is 4.74 Å². The van der Waals surface area contributed by atoms with Crippen molar-refractivity contribution in [1.82, 2.24) is 0 Å². The second-order valence-corrected chi connectivity index (χ2v) is 6.86. The lowest BCUT2D eigenvalue weighted by Crippen LogP contribution is -2.29. The van der Waals surface area contributed by atoms with Crippen molar-refractivity contribution in [3.05, 3.63) is 64.7 Å². The molecule has 3 rings (SSSR count). The van der Waals surface area contributed by atoms with Crippen LogP contribution in [0, 0.1) is 5.92 Å². The molecule has 7 heteroatoms. The van der Waals surface area contributed by atoms with Crippen molar-refractivity contribution >= 4 is 29.4 Å². The maximum Gasteiger partial charge on any atom is 0.338 e. The van der Waals surface area contributed by atoms with E-state index in [4.69, 9.17) is 4.74 Å². The average molecular weight is 380 g/mol. The first-order chi connectivity index (χ1) is 13.3. The molecule has 2 amide bonds. The number of amides is 2. The predicted octanol–water partition coefficient (Wildman–Crippen LogP) is 2.05. The Morgan fingerprint density at radius 2 is 1.57 bits per heavy atom. The van der Waals surface area contributed by atoms with E-state index in [1.54, 1.807) is 0 Å². The monoisotopic (exact) mass is 380 g/mol. The molecule has 0 bridgehead atoms. The molecule has 28 heavy (non-hydrogen) atoms. The minimum atomic E-state index is -1.43. The van der Waals surface area contributed by atoms with E-state index in [-0.39, 0.29) is 22.4 Å². The van der Waals surface area contributed by atoms with E-state index in [2.05, 4.69) is 0 Å². The molecule has 1 heterocycles. The van der Waals surface area contributed by atoms with E-state index in [1.807, 2.05) is 13.8 Å². The lowest BCUT2D eigenvalue weighted by Gasteiger charge is -2.14. The number of carboxylic acids is 1. The summed E-state index contributed by atoms with van der Waals surface area (Å²) in [4.78, 5) is 49.1. The maximum atomic E-state index is 12.6. The summed E-state index contributed by atoms with van der Waals surface area (Å²) in [5, 5.41) is 11.0. The van der Waals surface area contributed by atoms with E-state index < -0.39 is 23.8 Å². The molecular formula is C21H18NO6-. The van der Waals surface area contributed by atoms with E-state index in [1.165, 1.54) is 36.4 Å². The van der Waals surface area contributed by atoms with Gasteiger partial charge in [0.05, 0.1) is 35.0 Å². The van der Waals surface area contributed by atoms with E-state index in [9.17, 15) is 24.3 Å². The molecule has 0 radical (unpaired) electrons. The predicted molar refractivity (Wildman–Crippen MR) is 98.1 cm³/mol. The lowest BCUT2D eigenvalue weighted by molar-refractivity contribution is -0.255. The third-order valence-corrected chi connectivity index (χ3v) is 4.41. The van der Waals surface area contributed by atoms with Crippen molar-refractivity contribution in [1.29, 1.82) is 0 Å². The van der Waals surface area contributed by atoms with Crippen LogP contribution in [0.2, 0.25) is 0 Å². The zero-order valence-electron chi connectivity index (χ0n) is 15.4. The quantitative estimate of drug-likeness (QED) is 0.561. The number of esters is 1. The van der Waals surface area contributed by atoms with Crippen LogP contribution in [0.25, 0.3) is 0 Å². The van der Waals surface area contributed by atoms with E-state index in [0.717, 1.165) is 17.4 Å². The number of nitrogens with zero attached hydrogens (tertiary/aromatic N) is 1. The number of rotatable bonds is 6. The number of benzene rings is 2. The maximum absolute atomic E-state index is 12.6. The third kappa shape index (κ3) is 3.64. The van der Waals surface area contributed by atoms with Crippen LogP contribution in [0.1, 0.15) is 61.7 Å². The molecule has 1 aliphatic heterocycles. The van der Waals surface area contributed by atoms with Crippen LogP contribution < -0.4 is 10.0 Å². The summed E-state index contributed by atoms with van der Waals surface area (Å²) < 4.78 is 5.18. The number of carboxylic acid groups (broad SMARTS) is 1. The number of fused-ring (bicyclic) bond motifs is 1. The van der Waals surface area contributed by atoms with Gasteiger partial charge in [-0.15, -0.1) is 0 Å². The Balaban J connectivity index is 1.79. The summed E-state index contributed by atoms with van der Waals surface area (Å²) in [6.45, 7) is 4.37. The van der Waals surface area contributed by atoms with E-state index in [0.29, 0.717) is 18.1 Å². The minimum absolute atomic E-state index is 0.00358. The number of hydrogen-bond acceptors (Lipinski definition) is 6. The summed E-state index contributed by atoms with van der Waals surface area (Å²) in [7, 11) is 0. The van der Waals surface area contributed by atoms with Gasteiger partial charge in [0.15, 0.2) is 0 Å². The van der Waals surface area contributed by atoms with Gasteiger partial charge in [0.1, 0.15) is 0 Å². The van der Waals surface area contributed by atoms with Crippen molar-refractivity contribution in [2.24, 2.45) is 5.92 Å². The number of carbonyl (C=O) groups excluding carboxylic acids is 4. The minimum Gasteiger partial charge on any atom is -0.545 e. The van der Waals surface area contributed by atoms with Gasteiger partial charge in [0, 0.05) is 0 Å². The van der Waals surface area contributed by atoms with Crippen molar-refractivity contribution in [3.8, 4) is 0 Å². The number of anilines is 1. The van der Waals surface area contributed by atoms with Crippen LogP contribution in [0.4, 0.5) is 5.69 Å². The van der Waals surface area contributed by atoms with Crippen molar-refractivity contribution < 1.29 is 29.0 Å². The topological polar surface area (TPSA) is 104 Å². The number of aromatic carboxylic acids is 1. The molecule has 144 valence electrons. The molecule has 0 saturated heterocycles. The van der Waals surface area contributed by atoms with Crippen molar-refractivity contribution in [2.45, 2.75) is 20.3 Å². The highest BCUT2D eigenvalue weighted by Crippen LogP contribution is 2.29. The SMILES string of the molecule is CC(C)CCOC(=O)c1ccc(N2C(=O)c3ccc(C(=O)[O-])cc3C2=O)cc1. The third-order valence-electron chi connectivity index (χ3n) is 4.41. The summed E-state index contributed by atoms with van der Waals surface area (Å²) in [5.41, 5.74) is 0.528. The smallest absolute Gasteiger partial charge is 0.338 e. The zero-order valence-corrected chi connectivity index (χ0v) is 15.4. The fraction of sp³-hybridized carbons (Fsp3) is 0.238. The Kier molecular flexibility index (Phi) is 5.26. The fourth-order valence-corrected chi connectivity index (χ4v) is 2.82. The summed E-state index contributed by atoms with van der Waals surface area (Å²) in [6, 6.07) is 9.54. The summed E-state index contributed by atoms with van der Waals surface area (Å²) in [6.07, 6.45) is 0.757. The molecule has 2 aromatic carbocycles. The van der Waals surface area contributed by atoms with Gasteiger partial charge in [-0.3, -0.25) is 9.59 Å². The van der Waals surface area contributed by atoms with Gasteiger partial charge >= 0.3 is 5.97 Å². The zero-order chi connectivity index (χ0) is 20.4. The van der Waals surface area contributed by atoms with Crippen LogP contribution in [0.5, 0.6) is 0 Å². The van der Waals surface area contributed by atoms with Gasteiger partial charge in [0.2, 0.25) is 0 Å². The molecule has 0 fully saturated rings. The largest absolute Gasteiger partial charge is 0.545 e. The molecule has 1 aliphatic rings. The molecule has 0 atom stereocenters. The molecule has 0 aromatic heterocycles. The molecular weight excluding hydrogens is 362 g/mol. The molecule has 0 unspecified atom stereocenters. The number of ether oxygens (including phenoxy) is 1. The Hall–Kier alpha value is -3.48. The number of imide groups is 1. The summed E-state index contributed by atoms with van der Waals surface area (Å²) >= 11 is 0. The normalized spacial score (nSPS) is 13.0. The highest BCUT2D eigenvalue weighted by Gasteiger charge is 2.36. The van der Waals surface area contributed by atoms with Crippen LogP contribution in [0.15, 0.2) is 42.5 Å². The highest BCUT2D eigenvalue weighted by atomic mass is 16.5. The Labute approximate surface area is 161 Å². The molecule has 2 aromatic rings. The lowest BCUT2D eigenvalue weighted by atomic mass is 10.1. The Morgan fingerprint density at radius 1 is 0.964 bits per heavy atom. The first kappa shape index (κ1) is 19.3. The first-order valence-electron chi connectivity index (χ1n) is 8.81. The van der Waals surface area contributed by atoms with Crippen molar-refractivity contribution in [2.75, 3.05) is 11.5 Å². The van der Waals surface area contributed by atoms with Gasteiger partial charge in [0.25, 0.3) is 11.8 Å². The van der Waals surface area contributed by atoms with E-state index >= 15 is 0 Å². The van der Waals surface area contributed by atoms with Gasteiger partial charge in [-0.05, 0) is 54.3 Å². The molecule has 7 nitrogen and oxygen atoms in total. The van der Waals surface area contributed by atoms with Crippen LogP contribution >= 0.6 is 0 Å². The molecule has 0 spiro atoms. The van der Waals surface area contributed by atoms with Gasteiger partial charge in [-0.1, -0.05) is 19.9 Å². The Bertz CT molecular complexity index is 961. The fourth-order valence-electron chi connectivity index (χ4n) is 2.82. The molecule has 0 saturated carbocycles. The second-order valence-electron chi connectivity index (χ2n) is 6.86. The highest BCUT2D eigenvalue weighted by molar-refractivity contribution is 6.34. The second kappa shape index (κ2) is 7.64. The van der Waals surface area contributed by atoms with Crippen LogP contribution in [-0.4, -0.2) is 30.4 Å². The standard InChI is InChI=1S/C21H19NO6/c1-12(2)9-10-28-21(27)13-3-6-15(7-4-13)22-18(23)16-8-5-14(20(25)26)11-17(16)19(22)24/h3-8,11-12H,9-10H2,1-2H3,(H,25,26)/p-1. The van der Waals surface area contributed by atoms with Crippen LogP contribution in [0.3, 0.4) is 0 Å². The number of hydrogen-bond donors (Lipinski definition) is 0. The summed E-state index contributed by atoms with van der Waals surface area (Å²) in [5.74, 6) is -2.68. The molecule has 0 N–H and O–H groups in total. The van der Waals surface area contributed by atoms with Gasteiger partial charge < -0.3 is 14.6 Å². The van der Waals surface area contributed by atoms with Gasteiger partial charge in [-0.25, -0.2) is 9.69 Å². The first-order valence-corrected chi connectivity index (χ1v) is 8.81. The Morgan fingerprint density at radius 3 is 2.18 bits per heavy atom. The van der Waals surface area contributed by atoms with Gasteiger partial charge in [-0.2, -0.15) is 0 Å². The molecule has 0 aliphatic carbocycles. The number of carbonyl (C=O) groups is 4. The average Bonchev–Trinajstić information content (AvgIpc) is 2.91.